The summed E-state index contributed by atoms with van der Waals surface area (Å²) in [5.41, 5.74) is 0.818. The van der Waals surface area contributed by atoms with Crippen LogP contribution in [0.4, 0.5) is 10.6 Å². The van der Waals surface area contributed by atoms with Gasteiger partial charge in [-0.05, 0) is 43.5 Å². The van der Waals surface area contributed by atoms with Crippen LogP contribution in [-0.2, 0) is 4.74 Å². The van der Waals surface area contributed by atoms with Crippen LogP contribution in [0.1, 0.15) is 19.8 Å². The van der Waals surface area contributed by atoms with Crippen LogP contribution in [0, 0.1) is 0 Å². The fraction of sp³-hybridized carbons (Fsp3) is 0.438. The van der Waals surface area contributed by atoms with Crippen molar-refractivity contribution in [2.45, 2.75) is 25.8 Å². The predicted molar refractivity (Wildman–Crippen MR) is 89.8 cm³/mol. The summed E-state index contributed by atoms with van der Waals surface area (Å²) in [5, 5.41) is 4.62. The van der Waals surface area contributed by atoms with Crippen molar-refractivity contribution in [3.8, 4) is 0 Å². The average molecular weight is 335 g/mol. The van der Waals surface area contributed by atoms with E-state index in [1.165, 1.54) is 0 Å². The average Bonchev–Trinajstić information content (AvgIpc) is 2.55. The third-order valence-corrected chi connectivity index (χ3v) is 4.11. The molecule has 23 heavy (non-hydrogen) atoms. The first kappa shape index (κ1) is 15.8. The third-order valence-electron chi connectivity index (χ3n) is 3.94. The number of aromatic nitrogens is 2. The number of likely N-dealkylation sites (tertiary alicyclic amines) is 1. The molecule has 2 heterocycles. The van der Waals surface area contributed by atoms with Gasteiger partial charge in [-0.25, -0.2) is 14.8 Å². The zero-order valence-electron chi connectivity index (χ0n) is 13.0. The lowest BCUT2D eigenvalue weighted by atomic mass is 10.1. The summed E-state index contributed by atoms with van der Waals surface area (Å²) in [6.07, 6.45) is 1.45. The number of para-hydroxylation sites is 1. The fourth-order valence-corrected chi connectivity index (χ4v) is 2.95. The van der Waals surface area contributed by atoms with E-state index >= 15 is 0 Å². The van der Waals surface area contributed by atoms with E-state index in [1.54, 1.807) is 4.90 Å². The number of ether oxygens (including phenoxy) is 1. The number of carbonyl (C=O) groups is 1. The summed E-state index contributed by atoms with van der Waals surface area (Å²) < 4.78 is 5.04. The molecule has 1 aliphatic heterocycles. The number of benzene rings is 1. The molecule has 0 radical (unpaired) electrons. The number of nitrogens with one attached hydrogen (secondary N) is 1. The lowest BCUT2D eigenvalue weighted by Gasteiger charge is -2.32. The van der Waals surface area contributed by atoms with Gasteiger partial charge < -0.3 is 15.0 Å². The van der Waals surface area contributed by atoms with Gasteiger partial charge in [-0.2, -0.15) is 0 Å². The number of carbonyl (C=O) groups excluding carboxylic acids is 1. The molecular formula is C16H19ClN4O2. The van der Waals surface area contributed by atoms with Gasteiger partial charge in [0.1, 0.15) is 5.82 Å². The van der Waals surface area contributed by atoms with Gasteiger partial charge in [0.2, 0.25) is 5.28 Å². The summed E-state index contributed by atoms with van der Waals surface area (Å²) in [6.45, 7) is 3.57. The van der Waals surface area contributed by atoms with Crippen LogP contribution in [0.25, 0.3) is 10.9 Å². The maximum Gasteiger partial charge on any atom is 0.409 e. The highest BCUT2D eigenvalue weighted by atomic mass is 35.5. The molecule has 122 valence electrons. The van der Waals surface area contributed by atoms with Crippen LogP contribution >= 0.6 is 11.6 Å². The molecule has 6 nitrogen and oxygen atoms in total. The molecule has 2 aromatic rings. The first-order chi connectivity index (χ1) is 11.2. The van der Waals surface area contributed by atoms with Crippen molar-refractivity contribution in [3.63, 3.8) is 0 Å². The second-order valence-electron chi connectivity index (χ2n) is 5.46. The minimum Gasteiger partial charge on any atom is -0.450 e. The summed E-state index contributed by atoms with van der Waals surface area (Å²) in [7, 11) is 0. The van der Waals surface area contributed by atoms with E-state index in [1.807, 2.05) is 31.2 Å². The van der Waals surface area contributed by atoms with E-state index in [4.69, 9.17) is 16.3 Å². The molecule has 0 spiro atoms. The largest absolute Gasteiger partial charge is 0.450 e. The van der Waals surface area contributed by atoms with Crippen molar-refractivity contribution in [3.05, 3.63) is 29.5 Å². The first-order valence-electron chi connectivity index (χ1n) is 7.78. The van der Waals surface area contributed by atoms with Crippen molar-refractivity contribution >= 4 is 34.4 Å². The number of hydrogen-bond acceptors (Lipinski definition) is 5. The smallest absolute Gasteiger partial charge is 0.409 e. The number of amides is 1. The van der Waals surface area contributed by atoms with Gasteiger partial charge in [0, 0.05) is 24.5 Å². The Morgan fingerprint density at radius 2 is 2.09 bits per heavy atom. The quantitative estimate of drug-likeness (QED) is 0.872. The van der Waals surface area contributed by atoms with Crippen LogP contribution in [0.15, 0.2) is 24.3 Å². The summed E-state index contributed by atoms with van der Waals surface area (Å²) in [6, 6.07) is 8.01. The molecule has 1 aliphatic rings. The molecule has 1 aromatic heterocycles. The second-order valence-corrected chi connectivity index (χ2v) is 5.80. The van der Waals surface area contributed by atoms with Crippen molar-refractivity contribution < 1.29 is 9.53 Å². The minimum absolute atomic E-state index is 0.232. The highest BCUT2D eigenvalue weighted by molar-refractivity contribution is 6.28. The monoisotopic (exact) mass is 334 g/mol. The van der Waals surface area contributed by atoms with E-state index in [2.05, 4.69) is 15.3 Å². The van der Waals surface area contributed by atoms with Gasteiger partial charge in [-0.15, -0.1) is 0 Å². The van der Waals surface area contributed by atoms with Crippen LogP contribution in [0.2, 0.25) is 5.28 Å². The molecule has 0 aliphatic carbocycles. The molecule has 3 rings (SSSR count). The molecule has 0 bridgehead atoms. The Balaban J connectivity index is 1.68. The van der Waals surface area contributed by atoms with Crippen molar-refractivity contribution in [2.75, 3.05) is 25.0 Å². The molecule has 0 atom stereocenters. The van der Waals surface area contributed by atoms with Gasteiger partial charge in [-0.3, -0.25) is 0 Å². The van der Waals surface area contributed by atoms with Crippen LogP contribution in [0.5, 0.6) is 0 Å². The predicted octanol–water partition coefficient (Wildman–Crippen LogP) is 3.32. The van der Waals surface area contributed by atoms with Gasteiger partial charge in [-0.1, -0.05) is 12.1 Å². The van der Waals surface area contributed by atoms with Crippen molar-refractivity contribution in [1.29, 1.82) is 0 Å². The van der Waals surface area contributed by atoms with Crippen LogP contribution in [-0.4, -0.2) is 46.7 Å². The van der Waals surface area contributed by atoms with E-state index in [9.17, 15) is 4.79 Å². The number of piperidine rings is 1. The summed E-state index contributed by atoms with van der Waals surface area (Å²) in [4.78, 5) is 22.0. The van der Waals surface area contributed by atoms with Crippen LogP contribution in [0.3, 0.4) is 0 Å². The second kappa shape index (κ2) is 7.00. The molecule has 0 unspecified atom stereocenters. The number of rotatable bonds is 3. The van der Waals surface area contributed by atoms with E-state index < -0.39 is 0 Å². The Hall–Kier alpha value is -2.08. The Bertz CT molecular complexity index is 702. The lowest BCUT2D eigenvalue weighted by Crippen LogP contribution is -2.42. The molecule has 1 amide bonds. The van der Waals surface area contributed by atoms with E-state index in [0.717, 1.165) is 29.6 Å². The molecule has 1 fully saturated rings. The number of fused-ring (bicyclic) bond motifs is 1. The van der Waals surface area contributed by atoms with Crippen molar-refractivity contribution in [1.82, 2.24) is 14.9 Å². The highest BCUT2D eigenvalue weighted by Crippen LogP contribution is 2.24. The molecule has 1 aromatic carbocycles. The normalized spacial score (nSPS) is 15.7. The number of halogens is 1. The van der Waals surface area contributed by atoms with Crippen molar-refractivity contribution in [2.24, 2.45) is 0 Å². The molecule has 0 saturated carbocycles. The number of hydrogen-bond donors (Lipinski definition) is 1. The minimum atomic E-state index is -0.235. The van der Waals surface area contributed by atoms with Gasteiger partial charge >= 0.3 is 6.09 Å². The third kappa shape index (κ3) is 3.64. The standard InChI is InChI=1S/C16H19ClN4O2/c1-2-23-16(22)21-9-7-11(8-10-21)18-14-12-5-3-4-6-13(12)19-15(17)20-14/h3-6,11H,2,7-10H2,1H3,(H,18,19,20). The van der Waals surface area contributed by atoms with Gasteiger partial charge in [0.25, 0.3) is 0 Å². The molecular weight excluding hydrogens is 316 g/mol. The van der Waals surface area contributed by atoms with E-state index in [-0.39, 0.29) is 17.4 Å². The lowest BCUT2D eigenvalue weighted by molar-refractivity contribution is 0.0983. The molecule has 1 N–H and O–H groups in total. The molecule has 1 saturated heterocycles. The summed E-state index contributed by atoms with van der Waals surface area (Å²) in [5.74, 6) is 0.746. The maximum atomic E-state index is 11.7. The molecule has 7 heteroatoms. The topological polar surface area (TPSA) is 67.3 Å². The van der Waals surface area contributed by atoms with Gasteiger partial charge in [0.15, 0.2) is 0 Å². The fourth-order valence-electron chi connectivity index (χ4n) is 2.77. The SMILES string of the molecule is CCOC(=O)N1CCC(Nc2nc(Cl)nc3ccccc23)CC1. The zero-order chi connectivity index (χ0) is 16.2. The van der Waals surface area contributed by atoms with Gasteiger partial charge in [0.05, 0.1) is 12.1 Å². The first-order valence-corrected chi connectivity index (χ1v) is 8.15. The van der Waals surface area contributed by atoms with E-state index in [0.29, 0.717) is 19.7 Å². The Labute approximate surface area is 139 Å². The number of nitrogens with zero attached hydrogens (tertiary/aromatic N) is 3. The zero-order valence-corrected chi connectivity index (χ0v) is 13.7. The maximum absolute atomic E-state index is 11.7. The Morgan fingerprint density at radius 3 is 2.83 bits per heavy atom. The number of anilines is 1. The Kier molecular flexibility index (Phi) is 4.81. The summed E-state index contributed by atoms with van der Waals surface area (Å²) >= 11 is 6.01. The Morgan fingerprint density at radius 1 is 1.35 bits per heavy atom. The highest BCUT2D eigenvalue weighted by Gasteiger charge is 2.24. The van der Waals surface area contributed by atoms with Crippen LogP contribution < -0.4 is 5.32 Å².